The molecule has 3 atom stereocenters. The van der Waals surface area contributed by atoms with Crippen molar-refractivity contribution in [1.82, 2.24) is 10.9 Å². The van der Waals surface area contributed by atoms with Crippen LogP contribution in [0.4, 0.5) is 4.39 Å². The van der Waals surface area contributed by atoms with Gasteiger partial charge in [0.25, 0.3) is 0 Å². The Kier molecular flexibility index (Phi) is 4.87. The predicted octanol–water partition coefficient (Wildman–Crippen LogP) is 2.92. The zero-order chi connectivity index (χ0) is 17.1. The van der Waals surface area contributed by atoms with Crippen molar-refractivity contribution >= 4 is 0 Å². The Morgan fingerprint density at radius 1 is 1.08 bits per heavy atom. The molecule has 0 aromatic heterocycles. The van der Waals surface area contributed by atoms with Crippen molar-refractivity contribution in [2.45, 2.75) is 32.0 Å². The van der Waals surface area contributed by atoms with Crippen molar-refractivity contribution in [2.24, 2.45) is 0 Å². The number of rotatable bonds is 5. The highest BCUT2D eigenvalue weighted by Gasteiger charge is 2.37. The van der Waals surface area contributed by atoms with E-state index in [1.54, 1.807) is 18.2 Å². The maximum atomic E-state index is 13.0. The Labute approximate surface area is 140 Å². The van der Waals surface area contributed by atoms with Gasteiger partial charge in [-0.3, -0.25) is 5.43 Å². The van der Waals surface area contributed by atoms with Crippen LogP contribution < -0.4 is 20.3 Å². The maximum Gasteiger partial charge on any atom is 0.136 e. The third-order valence-electron chi connectivity index (χ3n) is 4.02. The smallest absolute Gasteiger partial charge is 0.136 e. The van der Waals surface area contributed by atoms with Gasteiger partial charge in [-0.1, -0.05) is 0 Å². The fourth-order valence-electron chi connectivity index (χ4n) is 2.81. The summed E-state index contributed by atoms with van der Waals surface area (Å²) >= 11 is 0. The first kappa shape index (κ1) is 16.5. The molecule has 2 aromatic carbocycles. The summed E-state index contributed by atoms with van der Waals surface area (Å²) in [5.74, 6) is 1.03. The molecule has 3 rings (SSSR count). The van der Waals surface area contributed by atoms with Gasteiger partial charge >= 0.3 is 0 Å². The number of hydrogen-bond acceptors (Lipinski definition) is 5. The second kappa shape index (κ2) is 7.07. The lowest BCUT2D eigenvalue weighted by molar-refractivity contribution is 0.170. The molecular formula is C18H21FN2O3. The number of nitrogens with one attached hydrogen (secondary N) is 2. The number of aromatic hydroxyl groups is 1. The molecule has 0 spiro atoms. The van der Waals surface area contributed by atoms with Crippen LogP contribution in [-0.4, -0.2) is 23.9 Å². The van der Waals surface area contributed by atoms with Gasteiger partial charge < -0.3 is 14.6 Å². The third kappa shape index (κ3) is 3.44. The Morgan fingerprint density at radius 2 is 1.79 bits per heavy atom. The molecule has 0 aliphatic carbocycles. The summed E-state index contributed by atoms with van der Waals surface area (Å²) in [5.41, 5.74) is 6.98. The van der Waals surface area contributed by atoms with Crippen molar-refractivity contribution in [3.63, 3.8) is 0 Å². The standard InChI is InChI=1S/C18H21FN2O3/c1-3-23-14-8-9-15(16(22)10-14)17-18(11(2)20-21-17)24-13-6-4-12(19)5-7-13/h4-11,17-18,20-22H,3H2,1-2H3. The topological polar surface area (TPSA) is 62.8 Å². The van der Waals surface area contributed by atoms with Gasteiger partial charge in [0.15, 0.2) is 0 Å². The van der Waals surface area contributed by atoms with Gasteiger partial charge in [-0.2, -0.15) is 0 Å². The molecule has 0 bridgehead atoms. The van der Waals surface area contributed by atoms with Crippen LogP contribution in [0.15, 0.2) is 42.5 Å². The number of hydrogen-bond donors (Lipinski definition) is 3. The van der Waals surface area contributed by atoms with Gasteiger partial charge in [-0.25, -0.2) is 9.82 Å². The molecule has 0 saturated carbocycles. The summed E-state index contributed by atoms with van der Waals surface area (Å²) < 4.78 is 24.5. The summed E-state index contributed by atoms with van der Waals surface area (Å²) in [4.78, 5) is 0. The Balaban J connectivity index is 1.82. The van der Waals surface area contributed by atoms with E-state index in [0.29, 0.717) is 23.7 Å². The zero-order valence-corrected chi connectivity index (χ0v) is 13.6. The van der Waals surface area contributed by atoms with E-state index < -0.39 is 0 Å². The molecule has 1 aliphatic rings. The highest BCUT2D eigenvalue weighted by Crippen LogP contribution is 2.34. The van der Waals surface area contributed by atoms with E-state index in [9.17, 15) is 9.50 Å². The van der Waals surface area contributed by atoms with Gasteiger partial charge in [0.2, 0.25) is 0 Å². The van der Waals surface area contributed by atoms with Crippen LogP contribution in [0, 0.1) is 5.82 Å². The van der Waals surface area contributed by atoms with Crippen LogP contribution in [0.3, 0.4) is 0 Å². The number of ether oxygens (including phenoxy) is 2. The molecule has 3 N–H and O–H groups in total. The fraction of sp³-hybridized carbons (Fsp3) is 0.333. The van der Waals surface area contributed by atoms with Gasteiger partial charge in [-0.15, -0.1) is 0 Å². The molecule has 1 aliphatic heterocycles. The molecule has 0 radical (unpaired) electrons. The van der Waals surface area contributed by atoms with Crippen LogP contribution in [-0.2, 0) is 0 Å². The average molecular weight is 332 g/mol. The van der Waals surface area contributed by atoms with Crippen LogP contribution in [0.25, 0.3) is 0 Å². The van der Waals surface area contributed by atoms with Crippen molar-refractivity contribution in [2.75, 3.05) is 6.61 Å². The monoisotopic (exact) mass is 332 g/mol. The first-order chi connectivity index (χ1) is 11.6. The van der Waals surface area contributed by atoms with E-state index in [0.717, 1.165) is 0 Å². The quantitative estimate of drug-likeness (QED) is 0.786. The van der Waals surface area contributed by atoms with E-state index >= 15 is 0 Å². The lowest BCUT2D eigenvalue weighted by atomic mass is 9.98. The van der Waals surface area contributed by atoms with E-state index in [1.165, 1.54) is 12.1 Å². The van der Waals surface area contributed by atoms with Gasteiger partial charge in [0.05, 0.1) is 18.7 Å². The lowest BCUT2D eigenvalue weighted by Gasteiger charge is -2.23. The summed E-state index contributed by atoms with van der Waals surface area (Å²) in [6.45, 7) is 4.41. The summed E-state index contributed by atoms with van der Waals surface area (Å²) in [6, 6.07) is 10.9. The highest BCUT2D eigenvalue weighted by molar-refractivity contribution is 5.42. The van der Waals surface area contributed by atoms with E-state index in [2.05, 4.69) is 10.9 Å². The molecule has 2 aromatic rings. The zero-order valence-electron chi connectivity index (χ0n) is 13.6. The van der Waals surface area contributed by atoms with Crippen LogP contribution in [0.5, 0.6) is 17.2 Å². The van der Waals surface area contributed by atoms with Gasteiger partial charge in [-0.05, 0) is 50.2 Å². The van der Waals surface area contributed by atoms with Crippen LogP contribution >= 0.6 is 0 Å². The minimum atomic E-state index is -0.307. The average Bonchev–Trinajstić information content (AvgIpc) is 2.91. The predicted molar refractivity (Wildman–Crippen MR) is 88.6 cm³/mol. The van der Waals surface area contributed by atoms with E-state index in [1.807, 2.05) is 26.0 Å². The third-order valence-corrected chi connectivity index (χ3v) is 4.02. The van der Waals surface area contributed by atoms with Crippen molar-refractivity contribution in [3.05, 3.63) is 53.8 Å². The van der Waals surface area contributed by atoms with Gasteiger partial charge in [0.1, 0.15) is 29.2 Å². The normalized spacial score (nSPS) is 23.2. The first-order valence-electron chi connectivity index (χ1n) is 7.97. The fourth-order valence-corrected chi connectivity index (χ4v) is 2.81. The van der Waals surface area contributed by atoms with E-state index in [-0.39, 0.29) is 29.8 Å². The molecule has 3 unspecified atom stereocenters. The number of phenolic OH excluding ortho intramolecular Hbond substituents is 1. The number of phenols is 1. The first-order valence-corrected chi connectivity index (χ1v) is 7.97. The maximum absolute atomic E-state index is 13.0. The SMILES string of the molecule is CCOc1ccc(C2NNC(C)C2Oc2ccc(F)cc2)c(O)c1. The van der Waals surface area contributed by atoms with Crippen molar-refractivity contribution in [3.8, 4) is 17.2 Å². The summed E-state index contributed by atoms with van der Waals surface area (Å²) in [7, 11) is 0. The number of benzene rings is 2. The molecule has 0 amide bonds. The molecule has 1 saturated heterocycles. The molecule has 1 heterocycles. The van der Waals surface area contributed by atoms with E-state index in [4.69, 9.17) is 9.47 Å². The second-order valence-electron chi connectivity index (χ2n) is 5.75. The molecule has 5 nitrogen and oxygen atoms in total. The number of hydrazine groups is 1. The lowest BCUT2D eigenvalue weighted by Crippen LogP contribution is -2.33. The van der Waals surface area contributed by atoms with Crippen LogP contribution in [0.1, 0.15) is 25.5 Å². The highest BCUT2D eigenvalue weighted by atomic mass is 19.1. The molecule has 1 fully saturated rings. The Morgan fingerprint density at radius 3 is 2.46 bits per heavy atom. The molecule has 24 heavy (non-hydrogen) atoms. The van der Waals surface area contributed by atoms with Crippen molar-refractivity contribution < 1.29 is 19.0 Å². The summed E-state index contributed by atoms with van der Waals surface area (Å²) in [6.07, 6.45) is -0.265. The minimum Gasteiger partial charge on any atom is -0.507 e. The van der Waals surface area contributed by atoms with Crippen molar-refractivity contribution in [1.29, 1.82) is 0 Å². The Bertz CT molecular complexity index is 693. The second-order valence-corrected chi connectivity index (χ2v) is 5.75. The number of halogens is 1. The van der Waals surface area contributed by atoms with Gasteiger partial charge in [0, 0.05) is 11.6 Å². The molecular weight excluding hydrogens is 311 g/mol. The van der Waals surface area contributed by atoms with Crippen LogP contribution in [0.2, 0.25) is 0 Å². The minimum absolute atomic E-state index is 0.00558. The Hall–Kier alpha value is -2.31. The largest absolute Gasteiger partial charge is 0.507 e. The summed E-state index contributed by atoms with van der Waals surface area (Å²) in [5, 5.41) is 10.3. The molecule has 128 valence electrons. The molecule has 6 heteroatoms.